The average Bonchev–Trinajstić information content (AvgIpc) is 3.23. The second kappa shape index (κ2) is 11.2. The lowest BCUT2D eigenvalue weighted by atomic mass is 9.84. The van der Waals surface area contributed by atoms with Gasteiger partial charge in [-0.1, -0.05) is 6.92 Å². The van der Waals surface area contributed by atoms with Crippen LogP contribution in [0.4, 0.5) is 4.79 Å². The summed E-state index contributed by atoms with van der Waals surface area (Å²) in [6, 6.07) is 0.0701. The number of esters is 1. The molecular weight excluding hydrogens is 402 g/mol. The molecule has 0 aromatic carbocycles. The van der Waals surface area contributed by atoms with E-state index in [9.17, 15) is 14.7 Å². The Labute approximate surface area is 184 Å². The summed E-state index contributed by atoms with van der Waals surface area (Å²) in [6.45, 7) is 5.44. The van der Waals surface area contributed by atoms with E-state index < -0.39 is 6.29 Å². The van der Waals surface area contributed by atoms with Crippen LogP contribution in [0.3, 0.4) is 0 Å². The number of fused-ring (bicyclic) bond motifs is 1. The van der Waals surface area contributed by atoms with Gasteiger partial charge in [-0.25, -0.2) is 9.59 Å². The number of carbonyl (C=O) groups is 2. The Bertz CT molecular complexity index is 652. The quantitative estimate of drug-likeness (QED) is 0.458. The molecule has 0 bridgehead atoms. The third kappa shape index (κ3) is 5.71. The fourth-order valence-corrected chi connectivity index (χ4v) is 5.04. The minimum atomic E-state index is -0.917. The molecule has 3 rings (SSSR count). The van der Waals surface area contributed by atoms with E-state index >= 15 is 0 Å². The fourth-order valence-electron chi connectivity index (χ4n) is 5.04. The molecule has 176 valence electrons. The van der Waals surface area contributed by atoms with Crippen LogP contribution in [0.1, 0.15) is 58.8 Å². The number of carbonyl (C=O) groups excluding carboxylic acids is 2. The van der Waals surface area contributed by atoms with E-state index in [0.29, 0.717) is 31.8 Å². The molecule has 6 unspecified atom stereocenters. The molecule has 2 fully saturated rings. The zero-order valence-electron chi connectivity index (χ0n) is 19.0. The van der Waals surface area contributed by atoms with Gasteiger partial charge in [0.1, 0.15) is 6.10 Å². The van der Waals surface area contributed by atoms with E-state index in [4.69, 9.17) is 18.9 Å². The average molecular weight is 440 g/mol. The molecule has 0 spiro atoms. The van der Waals surface area contributed by atoms with E-state index in [1.54, 1.807) is 0 Å². The number of ether oxygens (including phenoxy) is 4. The first-order valence-electron chi connectivity index (χ1n) is 11.6. The minimum Gasteiger partial charge on any atom is -0.500 e. The van der Waals surface area contributed by atoms with Crippen molar-refractivity contribution in [2.24, 2.45) is 17.8 Å². The van der Waals surface area contributed by atoms with Crippen LogP contribution in [-0.4, -0.2) is 67.4 Å². The van der Waals surface area contributed by atoms with Gasteiger partial charge >= 0.3 is 12.1 Å². The summed E-state index contributed by atoms with van der Waals surface area (Å²) >= 11 is 0. The Morgan fingerprint density at radius 1 is 1.29 bits per heavy atom. The van der Waals surface area contributed by atoms with Gasteiger partial charge in [0.05, 0.1) is 32.2 Å². The fraction of sp³-hybridized carbons (Fsp3) is 0.826. The molecule has 8 nitrogen and oxygen atoms in total. The molecule has 1 saturated heterocycles. The van der Waals surface area contributed by atoms with Crippen molar-refractivity contribution in [3.05, 3.63) is 11.8 Å². The van der Waals surface area contributed by atoms with Crippen molar-refractivity contribution >= 4 is 12.1 Å². The Kier molecular flexibility index (Phi) is 8.60. The first-order chi connectivity index (χ1) is 15.0. The number of aliphatic hydroxyl groups is 1. The van der Waals surface area contributed by atoms with Crippen molar-refractivity contribution in [3.63, 3.8) is 0 Å². The van der Waals surface area contributed by atoms with Crippen LogP contribution in [0.25, 0.3) is 0 Å². The maximum Gasteiger partial charge on any atom is 0.410 e. The number of hydrogen-bond donors (Lipinski definition) is 1. The van der Waals surface area contributed by atoms with Crippen molar-refractivity contribution in [2.75, 3.05) is 26.9 Å². The van der Waals surface area contributed by atoms with E-state index in [2.05, 4.69) is 0 Å². The summed E-state index contributed by atoms with van der Waals surface area (Å²) in [6.07, 6.45) is 6.25. The maximum absolute atomic E-state index is 12.5. The Balaban J connectivity index is 1.49. The summed E-state index contributed by atoms with van der Waals surface area (Å²) < 4.78 is 21.7. The zero-order valence-corrected chi connectivity index (χ0v) is 19.0. The molecule has 1 aliphatic carbocycles. The van der Waals surface area contributed by atoms with Gasteiger partial charge in [-0.05, 0) is 51.9 Å². The molecule has 1 saturated carbocycles. The number of methoxy groups -OCH3 is 1. The van der Waals surface area contributed by atoms with E-state index in [0.717, 1.165) is 38.5 Å². The molecule has 2 aliphatic heterocycles. The number of piperidine rings is 1. The zero-order chi connectivity index (χ0) is 22.4. The Morgan fingerprint density at radius 2 is 2.10 bits per heavy atom. The smallest absolute Gasteiger partial charge is 0.410 e. The van der Waals surface area contributed by atoms with Crippen molar-refractivity contribution in [3.8, 4) is 0 Å². The van der Waals surface area contributed by atoms with Gasteiger partial charge in [0.2, 0.25) is 0 Å². The summed E-state index contributed by atoms with van der Waals surface area (Å²) in [5, 5.41) is 10.7. The summed E-state index contributed by atoms with van der Waals surface area (Å²) in [5.74, 6) is -0.386. The van der Waals surface area contributed by atoms with Gasteiger partial charge in [-0.3, -0.25) is 0 Å². The predicted octanol–water partition coefficient (Wildman–Crippen LogP) is 3.23. The molecule has 8 heteroatoms. The Morgan fingerprint density at radius 3 is 2.84 bits per heavy atom. The molecule has 0 aromatic heterocycles. The number of likely N-dealkylation sites (tertiary alicyclic amines) is 1. The molecule has 0 radical (unpaired) electrons. The van der Waals surface area contributed by atoms with Gasteiger partial charge in [-0.2, -0.15) is 0 Å². The third-order valence-corrected chi connectivity index (χ3v) is 7.04. The van der Waals surface area contributed by atoms with Crippen molar-refractivity contribution in [1.82, 2.24) is 4.90 Å². The van der Waals surface area contributed by atoms with Crippen LogP contribution >= 0.6 is 0 Å². The molecule has 1 N–H and O–H groups in total. The molecule has 3 aliphatic rings. The summed E-state index contributed by atoms with van der Waals surface area (Å²) in [7, 11) is 1.37. The molecule has 1 amide bonds. The summed E-state index contributed by atoms with van der Waals surface area (Å²) in [5.41, 5.74) is 0.547. The number of aliphatic hydroxyl groups excluding tert-OH is 1. The van der Waals surface area contributed by atoms with Gasteiger partial charge in [0.15, 0.2) is 6.29 Å². The topological polar surface area (TPSA) is 94.5 Å². The maximum atomic E-state index is 12.5. The van der Waals surface area contributed by atoms with Gasteiger partial charge in [0, 0.05) is 30.3 Å². The standard InChI is InChI=1S/C23H37NO7/c1-4-15(2)31-23(27)24-11-6-5-7-16(24)10-12-30-22(26)18-9-8-17-19(18)13-29-14-20(17)21(25)28-3/h14-19,22,26H,4-13H2,1-3H3. The number of rotatable bonds is 8. The Hall–Kier alpha value is -1.80. The third-order valence-electron chi connectivity index (χ3n) is 7.04. The first-order valence-corrected chi connectivity index (χ1v) is 11.6. The van der Waals surface area contributed by atoms with Crippen molar-refractivity contribution < 1.29 is 33.6 Å². The molecule has 2 heterocycles. The largest absolute Gasteiger partial charge is 0.500 e. The number of amides is 1. The molecule has 31 heavy (non-hydrogen) atoms. The van der Waals surface area contributed by atoms with E-state index in [1.807, 2.05) is 18.7 Å². The lowest BCUT2D eigenvalue weighted by molar-refractivity contribution is -0.152. The van der Waals surface area contributed by atoms with E-state index in [-0.39, 0.29) is 42.0 Å². The van der Waals surface area contributed by atoms with Crippen molar-refractivity contribution in [2.45, 2.75) is 77.2 Å². The number of hydrogen-bond acceptors (Lipinski definition) is 7. The van der Waals surface area contributed by atoms with Crippen molar-refractivity contribution in [1.29, 1.82) is 0 Å². The SMILES string of the molecule is CCC(C)OC(=O)N1CCCCC1CCOC(O)C1CCC2C(C(=O)OC)=COCC21. The second-order valence-electron chi connectivity index (χ2n) is 8.91. The lowest BCUT2D eigenvalue weighted by Crippen LogP contribution is -2.45. The highest BCUT2D eigenvalue weighted by Crippen LogP contribution is 2.45. The van der Waals surface area contributed by atoms with Crippen LogP contribution in [0, 0.1) is 17.8 Å². The highest BCUT2D eigenvalue weighted by Gasteiger charge is 2.46. The summed E-state index contributed by atoms with van der Waals surface area (Å²) in [4.78, 5) is 26.3. The van der Waals surface area contributed by atoms with Gasteiger partial charge < -0.3 is 29.0 Å². The van der Waals surface area contributed by atoms with Crippen LogP contribution in [0.15, 0.2) is 11.8 Å². The van der Waals surface area contributed by atoms with Crippen LogP contribution in [0.5, 0.6) is 0 Å². The van der Waals surface area contributed by atoms with Gasteiger partial charge in [-0.15, -0.1) is 0 Å². The van der Waals surface area contributed by atoms with Crippen LogP contribution < -0.4 is 0 Å². The second-order valence-corrected chi connectivity index (χ2v) is 8.91. The monoisotopic (exact) mass is 439 g/mol. The van der Waals surface area contributed by atoms with Crippen LogP contribution in [0.2, 0.25) is 0 Å². The lowest BCUT2D eigenvalue weighted by Gasteiger charge is -2.36. The highest BCUT2D eigenvalue weighted by atomic mass is 16.6. The first kappa shape index (κ1) is 23.9. The molecule has 6 atom stereocenters. The minimum absolute atomic E-state index is 0.0331. The predicted molar refractivity (Wildman–Crippen MR) is 113 cm³/mol. The van der Waals surface area contributed by atoms with Crippen LogP contribution in [-0.2, 0) is 23.7 Å². The van der Waals surface area contributed by atoms with E-state index in [1.165, 1.54) is 13.4 Å². The molecule has 0 aromatic rings. The highest BCUT2D eigenvalue weighted by molar-refractivity contribution is 5.88. The molecular formula is C23H37NO7. The van der Waals surface area contributed by atoms with Gasteiger partial charge in [0.25, 0.3) is 0 Å². The number of nitrogens with zero attached hydrogens (tertiary/aromatic N) is 1. The normalized spacial score (nSPS) is 29.9.